The first kappa shape index (κ1) is 10.6. The molecular formula is C12H15FO2. The number of rotatable bonds is 2. The van der Waals surface area contributed by atoms with Gasteiger partial charge in [-0.2, -0.15) is 0 Å². The molecule has 1 aromatic rings. The Labute approximate surface area is 88.7 Å². The predicted octanol–water partition coefficient (Wildman–Crippen LogP) is 1.91. The standard InChI is InChI=1S/C12H15FO2/c1-9-12(14,6-7-15-9)8-10-2-4-11(13)5-3-10/h2-5,9,14H,6-8H2,1H3. The van der Waals surface area contributed by atoms with Crippen LogP contribution in [0.2, 0.25) is 0 Å². The molecule has 0 aliphatic carbocycles. The molecule has 0 aromatic heterocycles. The molecule has 2 atom stereocenters. The molecule has 0 bridgehead atoms. The van der Waals surface area contributed by atoms with Crippen LogP contribution in [0.4, 0.5) is 4.39 Å². The van der Waals surface area contributed by atoms with Crippen molar-refractivity contribution in [3.05, 3.63) is 35.6 Å². The van der Waals surface area contributed by atoms with Crippen molar-refractivity contribution in [2.45, 2.75) is 31.5 Å². The Hall–Kier alpha value is -0.930. The van der Waals surface area contributed by atoms with Gasteiger partial charge >= 0.3 is 0 Å². The van der Waals surface area contributed by atoms with Crippen LogP contribution in [0.15, 0.2) is 24.3 Å². The smallest absolute Gasteiger partial charge is 0.123 e. The molecule has 1 aromatic carbocycles. The van der Waals surface area contributed by atoms with E-state index in [9.17, 15) is 9.50 Å². The number of ether oxygens (including phenoxy) is 1. The maximum absolute atomic E-state index is 12.7. The molecule has 2 nitrogen and oxygen atoms in total. The van der Waals surface area contributed by atoms with E-state index in [1.54, 1.807) is 12.1 Å². The first-order valence-corrected chi connectivity index (χ1v) is 5.19. The van der Waals surface area contributed by atoms with Gasteiger partial charge in [0.05, 0.1) is 11.7 Å². The number of aliphatic hydroxyl groups is 1. The number of hydrogen-bond acceptors (Lipinski definition) is 2. The molecule has 1 N–H and O–H groups in total. The molecular weight excluding hydrogens is 195 g/mol. The summed E-state index contributed by atoms with van der Waals surface area (Å²) in [5.74, 6) is -0.249. The lowest BCUT2D eigenvalue weighted by molar-refractivity contribution is -0.0268. The fourth-order valence-corrected chi connectivity index (χ4v) is 1.96. The molecule has 2 rings (SSSR count). The summed E-state index contributed by atoms with van der Waals surface area (Å²) in [4.78, 5) is 0. The molecule has 1 saturated heterocycles. The number of halogens is 1. The van der Waals surface area contributed by atoms with Crippen LogP contribution in [0.5, 0.6) is 0 Å². The second kappa shape index (κ2) is 3.91. The molecule has 3 heteroatoms. The Bertz CT molecular complexity index is 336. The normalized spacial score (nSPS) is 30.7. The minimum atomic E-state index is -0.794. The zero-order valence-corrected chi connectivity index (χ0v) is 8.74. The maximum atomic E-state index is 12.7. The van der Waals surface area contributed by atoms with Gasteiger partial charge in [-0.15, -0.1) is 0 Å². The third kappa shape index (κ3) is 2.19. The highest BCUT2D eigenvalue weighted by molar-refractivity contribution is 5.19. The number of hydrogen-bond donors (Lipinski definition) is 1. The quantitative estimate of drug-likeness (QED) is 0.808. The largest absolute Gasteiger partial charge is 0.387 e. The molecule has 1 heterocycles. The summed E-state index contributed by atoms with van der Waals surface area (Å²) in [6.45, 7) is 2.47. The van der Waals surface area contributed by atoms with E-state index in [0.29, 0.717) is 19.4 Å². The lowest BCUT2D eigenvalue weighted by Crippen LogP contribution is -2.38. The Morgan fingerprint density at radius 3 is 2.67 bits per heavy atom. The maximum Gasteiger partial charge on any atom is 0.123 e. The van der Waals surface area contributed by atoms with Gasteiger partial charge in [0.15, 0.2) is 0 Å². The van der Waals surface area contributed by atoms with Gasteiger partial charge in [-0.1, -0.05) is 12.1 Å². The summed E-state index contributed by atoms with van der Waals surface area (Å²) >= 11 is 0. The van der Waals surface area contributed by atoms with Crippen LogP contribution >= 0.6 is 0 Å². The summed E-state index contributed by atoms with van der Waals surface area (Å²) in [5.41, 5.74) is 0.147. The van der Waals surface area contributed by atoms with Gasteiger partial charge in [0, 0.05) is 19.4 Å². The van der Waals surface area contributed by atoms with E-state index in [4.69, 9.17) is 4.74 Å². The van der Waals surface area contributed by atoms with E-state index in [1.807, 2.05) is 6.92 Å². The second-order valence-electron chi connectivity index (χ2n) is 4.17. The highest BCUT2D eigenvalue weighted by atomic mass is 19.1. The van der Waals surface area contributed by atoms with Gasteiger partial charge in [0.25, 0.3) is 0 Å². The predicted molar refractivity (Wildman–Crippen MR) is 55.1 cm³/mol. The highest BCUT2D eigenvalue weighted by Gasteiger charge is 2.39. The Morgan fingerprint density at radius 1 is 1.47 bits per heavy atom. The minimum Gasteiger partial charge on any atom is -0.387 e. The fourth-order valence-electron chi connectivity index (χ4n) is 1.96. The van der Waals surface area contributed by atoms with Crippen LogP contribution in [0.1, 0.15) is 18.9 Å². The third-order valence-electron chi connectivity index (χ3n) is 3.08. The van der Waals surface area contributed by atoms with Crippen molar-refractivity contribution in [3.63, 3.8) is 0 Å². The SMILES string of the molecule is CC1OCCC1(O)Cc1ccc(F)cc1. The summed E-state index contributed by atoms with van der Waals surface area (Å²) in [7, 11) is 0. The summed E-state index contributed by atoms with van der Waals surface area (Å²) in [6, 6.07) is 6.25. The van der Waals surface area contributed by atoms with Crippen LogP contribution in [0.25, 0.3) is 0 Å². The summed E-state index contributed by atoms with van der Waals surface area (Å²) in [5, 5.41) is 10.3. The van der Waals surface area contributed by atoms with Gasteiger partial charge in [-0.05, 0) is 24.6 Å². The summed E-state index contributed by atoms with van der Waals surface area (Å²) in [6.07, 6.45) is 1.02. The molecule has 0 saturated carbocycles. The van der Waals surface area contributed by atoms with Crippen molar-refractivity contribution in [3.8, 4) is 0 Å². The fraction of sp³-hybridized carbons (Fsp3) is 0.500. The second-order valence-corrected chi connectivity index (χ2v) is 4.17. The van der Waals surface area contributed by atoms with Gasteiger partial charge in [0.1, 0.15) is 5.82 Å². The average molecular weight is 210 g/mol. The van der Waals surface area contributed by atoms with E-state index in [1.165, 1.54) is 12.1 Å². The van der Waals surface area contributed by atoms with Gasteiger partial charge in [0.2, 0.25) is 0 Å². The van der Waals surface area contributed by atoms with E-state index < -0.39 is 5.60 Å². The molecule has 15 heavy (non-hydrogen) atoms. The van der Waals surface area contributed by atoms with E-state index in [-0.39, 0.29) is 11.9 Å². The first-order valence-electron chi connectivity index (χ1n) is 5.19. The van der Waals surface area contributed by atoms with Crippen molar-refractivity contribution in [1.82, 2.24) is 0 Å². The Morgan fingerprint density at radius 2 is 2.13 bits per heavy atom. The van der Waals surface area contributed by atoms with Gasteiger partial charge < -0.3 is 9.84 Å². The zero-order valence-electron chi connectivity index (χ0n) is 8.74. The van der Waals surface area contributed by atoms with Crippen molar-refractivity contribution >= 4 is 0 Å². The average Bonchev–Trinajstić information content (AvgIpc) is 2.51. The van der Waals surface area contributed by atoms with Crippen LogP contribution in [0.3, 0.4) is 0 Å². The zero-order chi connectivity index (χ0) is 10.9. The van der Waals surface area contributed by atoms with E-state index in [2.05, 4.69) is 0 Å². The van der Waals surface area contributed by atoms with Crippen molar-refractivity contribution in [1.29, 1.82) is 0 Å². The first-order chi connectivity index (χ1) is 7.10. The monoisotopic (exact) mass is 210 g/mol. The Kier molecular flexibility index (Phi) is 2.76. The molecule has 1 aliphatic heterocycles. The van der Waals surface area contributed by atoms with Crippen LogP contribution in [-0.4, -0.2) is 23.4 Å². The lowest BCUT2D eigenvalue weighted by Gasteiger charge is -2.25. The summed E-state index contributed by atoms with van der Waals surface area (Å²) < 4.78 is 18.0. The molecule has 0 amide bonds. The topological polar surface area (TPSA) is 29.5 Å². The molecule has 82 valence electrons. The highest BCUT2D eigenvalue weighted by Crippen LogP contribution is 2.29. The third-order valence-corrected chi connectivity index (χ3v) is 3.08. The van der Waals surface area contributed by atoms with Crippen molar-refractivity contribution in [2.24, 2.45) is 0 Å². The lowest BCUT2D eigenvalue weighted by atomic mass is 9.89. The van der Waals surface area contributed by atoms with Gasteiger partial charge in [-0.25, -0.2) is 4.39 Å². The van der Waals surface area contributed by atoms with Crippen LogP contribution < -0.4 is 0 Å². The molecule has 0 spiro atoms. The van der Waals surface area contributed by atoms with Crippen LogP contribution in [0, 0.1) is 5.82 Å². The van der Waals surface area contributed by atoms with Crippen molar-refractivity contribution < 1.29 is 14.2 Å². The molecule has 0 radical (unpaired) electrons. The molecule has 1 aliphatic rings. The minimum absolute atomic E-state index is 0.150. The Balaban J connectivity index is 2.11. The number of benzene rings is 1. The molecule has 1 fully saturated rings. The van der Waals surface area contributed by atoms with E-state index >= 15 is 0 Å². The molecule has 2 unspecified atom stereocenters. The van der Waals surface area contributed by atoms with Crippen molar-refractivity contribution in [2.75, 3.05) is 6.61 Å². The van der Waals surface area contributed by atoms with E-state index in [0.717, 1.165) is 5.56 Å². The van der Waals surface area contributed by atoms with Gasteiger partial charge in [-0.3, -0.25) is 0 Å². The van der Waals surface area contributed by atoms with Crippen LogP contribution in [-0.2, 0) is 11.2 Å².